The second-order valence-electron chi connectivity index (χ2n) is 7.73. The average molecular weight is 435 g/mol. The summed E-state index contributed by atoms with van der Waals surface area (Å²) in [5.74, 6) is 2.17. The zero-order valence-corrected chi connectivity index (χ0v) is 18.2. The van der Waals surface area contributed by atoms with Gasteiger partial charge in [-0.3, -0.25) is 0 Å². The number of rotatable bonds is 7. The van der Waals surface area contributed by atoms with Crippen LogP contribution >= 0.6 is 0 Å². The number of anilines is 2. The van der Waals surface area contributed by atoms with E-state index in [-0.39, 0.29) is 0 Å². The minimum absolute atomic E-state index is 0.370. The lowest BCUT2D eigenvalue weighted by molar-refractivity contribution is 0.122. The molecule has 5 rings (SSSR count). The van der Waals surface area contributed by atoms with Gasteiger partial charge in [0.2, 0.25) is 5.95 Å². The fourth-order valence-electron chi connectivity index (χ4n) is 3.83. The van der Waals surface area contributed by atoms with Crippen molar-refractivity contribution in [3.63, 3.8) is 0 Å². The van der Waals surface area contributed by atoms with Crippen LogP contribution in [0.15, 0.2) is 47.1 Å². The van der Waals surface area contributed by atoms with Crippen LogP contribution in [0.3, 0.4) is 0 Å². The quantitative estimate of drug-likeness (QED) is 0.474. The van der Waals surface area contributed by atoms with E-state index in [0.717, 1.165) is 47.1 Å². The predicted molar refractivity (Wildman–Crippen MR) is 121 cm³/mol. The lowest BCUT2D eigenvalue weighted by atomic mass is 10.2. The first kappa shape index (κ1) is 20.5. The number of nitrogens with one attached hydrogen (secondary N) is 1. The molecule has 9 heteroatoms. The first-order valence-corrected chi connectivity index (χ1v) is 10.7. The van der Waals surface area contributed by atoms with Crippen molar-refractivity contribution < 1.29 is 13.9 Å². The monoisotopic (exact) mass is 434 g/mol. The molecule has 1 aliphatic heterocycles. The Morgan fingerprint density at radius 2 is 1.91 bits per heavy atom. The Morgan fingerprint density at radius 3 is 2.62 bits per heavy atom. The fourth-order valence-corrected chi connectivity index (χ4v) is 3.83. The fraction of sp³-hybridized carbons (Fsp3) is 0.348. The van der Waals surface area contributed by atoms with Crippen LogP contribution in [0.4, 0.5) is 11.8 Å². The SMILES string of the molecule is COCc1nn(-c2ccc(C)cc2)c2nc(NCc3ccco3)nc(N3CCOCC3)c12. The van der Waals surface area contributed by atoms with Gasteiger partial charge in [-0.25, -0.2) is 4.68 Å². The molecule has 0 unspecified atom stereocenters. The molecule has 1 aliphatic rings. The maximum atomic E-state index is 5.56. The van der Waals surface area contributed by atoms with E-state index in [4.69, 9.17) is 29.0 Å². The smallest absolute Gasteiger partial charge is 0.227 e. The second-order valence-corrected chi connectivity index (χ2v) is 7.73. The summed E-state index contributed by atoms with van der Waals surface area (Å²) in [5.41, 5.74) is 3.67. The zero-order chi connectivity index (χ0) is 21.9. The van der Waals surface area contributed by atoms with Crippen LogP contribution in [-0.2, 0) is 22.6 Å². The van der Waals surface area contributed by atoms with Gasteiger partial charge in [0.15, 0.2) is 5.65 Å². The van der Waals surface area contributed by atoms with E-state index in [2.05, 4.69) is 29.3 Å². The number of furan rings is 1. The molecule has 9 nitrogen and oxygen atoms in total. The topological polar surface area (TPSA) is 90.5 Å². The van der Waals surface area contributed by atoms with Gasteiger partial charge in [-0.2, -0.15) is 15.1 Å². The molecule has 4 aromatic rings. The summed E-state index contributed by atoms with van der Waals surface area (Å²) in [6.45, 7) is 5.76. The van der Waals surface area contributed by atoms with E-state index in [0.29, 0.717) is 32.3 Å². The van der Waals surface area contributed by atoms with Crippen LogP contribution in [-0.4, -0.2) is 53.2 Å². The summed E-state index contributed by atoms with van der Waals surface area (Å²) in [5, 5.41) is 9.07. The third kappa shape index (κ3) is 4.04. The molecular weight excluding hydrogens is 408 g/mol. The van der Waals surface area contributed by atoms with Crippen LogP contribution in [0.2, 0.25) is 0 Å². The van der Waals surface area contributed by atoms with Gasteiger partial charge in [0, 0.05) is 20.2 Å². The number of nitrogens with zero attached hydrogens (tertiary/aromatic N) is 5. The Balaban J connectivity index is 1.66. The molecule has 3 aromatic heterocycles. The van der Waals surface area contributed by atoms with Crippen molar-refractivity contribution in [1.82, 2.24) is 19.7 Å². The molecular formula is C23H26N6O3. The van der Waals surface area contributed by atoms with Crippen molar-refractivity contribution in [2.24, 2.45) is 0 Å². The third-order valence-corrected chi connectivity index (χ3v) is 5.45. The Bertz CT molecular complexity index is 1180. The van der Waals surface area contributed by atoms with Crippen LogP contribution in [0.1, 0.15) is 17.0 Å². The molecule has 0 bridgehead atoms. The van der Waals surface area contributed by atoms with Gasteiger partial charge in [0.05, 0.1) is 43.7 Å². The van der Waals surface area contributed by atoms with Crippen molar-refractivity contribution in [2.45, 2.75) is 20.1 Å². The Morgan fingerprint density at radius 1 is 1.09 bits per heavy atom. The molecule has 0 radical (unpaired) electrons. The van der Waals surface area contributed by atoms with Gasteiger partial charge in [-0.1, -0.05) is 17.7 Å². The number of fused-ring (bicyclic) bond motifs is 1. The van der Waals surface area contributed by atoms with Gasteiger partial charge in [0.1, 0.15) is 17.3 Å². The Hall–Kier alpha value is -3.43. The van der Waals surface area contributed by atoms with Crippen molar-refractivity contribution in [1.29, 1.82) is 0 Å². The van der Waals surface area contributed by atoms with Gasteiger partial charge >= 0.3 is 0 Å². The Labute approximate surface area is 186 Å². The molecule has 166 valence electrons. The second kappa shape index (κ2) is 8.97. The molecule has 1 saturated heterocycles. The lowest BCUT2D eigenvalue weighted by Crippen LogP contribution is -2.37. The number of benzene rings is 1. The molecule has 0 atom stereocenters. The van der Waals surface area contributed by atoms with Gasteiger partial charge in [-0.15, -0.1) is 0 Å². The molecule has 0 amide bonds. The van der Waals surface area contributed by atoms with Crippen molar-refractivity contribution in [3.05, 3.63) is 59.7 Å². The molecule has 1 N–H and O–H groups in total. The number of ether oxygens (including phenoxy) is 2. The summed E-state index contributed by atoms with van der Waals surface area (Å²) in [6.07, 6.45) is 1.66. The highest BCUT2D eigenvalue weighted by atomic mass is 16.5. The number of aromatic nitrogens is 4. The number of morpholine rings is 1. The standard InChI is InChI=1S/C23H26N6O3/c1-16-5-7-17(8-6-16)29-22-20(19(27-29)15-30-2)21(28-9-12-31-13-10-28)25-23(26-22)24-14-18-4-3-11-32-18/h3-8,11H,9-10,12-15H2,1-2H3,(H,24,25,26). The highest BCUT2D eigenvalue weighted by Gasteiger charge is 2.24. The van der Waals surface area contributed by atoms with E-state index in [1.54, 1.807) is 13.4 Å². The van der Waals surface area contributed by atoms with Crippen LogP contribution < -0.4 is 10.2 Å². The number of methoxy groups -OCH3 is 1. The van der Waals surface area contributed by atoms with E-state index in [1.165, 1.54) is 5.56 Å². The molecule has 32 heavy (non-hydrogen) atoms. The molecule has 4 heterocycles. The number of hydrogen-bond acceptors (Lipinski definition) is 8. The molecule has 1 fully saturated rings. The highest BCUT2D eigenvalue weighted by Crippen LogP contribution is 2.31. The van der Waals surface area contributed by atoms with Crippen LogP contribution in [0, 0.1) is 6.92 Å². The Kier molecular flexibility index (Phi) is 5.74. The van der Waals surface area contributed by atoms with Gasteiger partial charge in [-0.05, 0) is 31.2 Å². The van der Waals surface area contributed by atoms with Crippen molar-refractivity contribution in [2.75, 3.05) is 43.6 Å². The molecule has 0 saturated carbocycles. The van der Waals surface area contributed by atoms with E-state index in [9.17, 15) is 0 Å². The maximum Gasteiger partial charge on any atom is 0.227 e. The van der Waals surface area contributed by atoms with E-state index >= 15 is 0 Å². The summed E-state index contributed by atoms with van der Waals surface area (Å²) in [6, 6.07) is 12.0. The van der Waals surface area contributed by atoms with E-state index < -0.39 is 0 Å². The molecule has 0 spiro atoms. The third-order valence-electron chi connectivity index (χ3n) is 5.45. The summed E-state index contributed by atoms with van der Waals surface area (Å²) >= 11 is 0. The number of aryl methyl sites for hydroxylation is 1. The van der Waals surface area contributed by atoms with Crippen LogP contribution in [0.25, 0.3) is 16.7 Å². The molecule has 1 aromatic carbocycles. The van der Waals surface area contributed by atoms with E-state index in [1.807, 2.05) is 28.9 Å². The largest absolute Gasteiger partial charge is 0.467 e. The minimum atomic E-state index is 0.370. The summed E-state index contributed by atoms with van der Waals surface area (Å²) in [7, 11) is 1.67. The summed E-state index contributed by atoms with van der Waals surface area (Å²) in [4.78, 5) is 12.0. The van der Waals surface area contributed by atoms with Gasteiger partial charge in [0.25, 0.3) is 0 Å². The first-order valence-electron chi connectivity index (χ1n) is 10.7. The zero-order valence-electron chi connectivity index (χ0n) is 18.2. The first-order chi connectivity index (χ1) is 15.7. The average Bonchev–Trinajstić information content (AvgIpc) is 3.47. The van der Waals surface area contributed by atoms with Crippen molar-refractivity contribution in [3.8, 4) is 5.69 Å². The van der Waals surface area contributed by atoms with Gasteiger partial charge < -0.3 is 24.1 Å². The highest BCUT2D eigenvalue weighted by molar-refractivity contribution is 5.92. The minimum Gasteiger partial charge on any atom is -0.467 e. The lowest BCUT2D eigenvalue weighted by Gasteiger charge is -2.28. The normalized spacial score (nSPS) is 14.2. The predicted octanol–water partition coefficient (Wildman–Crippen LogP) is 3.31. The molecule has 0 aliphatic carbocycles. The number of hydrogen-bond donors (Lipinski definition) is 1. The van der Waals surface area contributed by atoms with Crippen molar-refractivity contribution >= 4 is 22.8 Å². The van der Waals surface area contributed by atoms with Crippen LogP contribution in [0.5, 0.6) is 0 Å². The maximum absolute atomic E-state index is 5.56. The summed E-state index contributed by atoms with van der Waals surface area (Å²) < 4.78 is 18.4.